The van der Waals surface area contributed by atoms with Crippen molar-refractivity contribution >= 4 is 21.8 Å². The van der Waals surface area contributed by atoms with Crippen LogP contribution in [-0.2, 0) is 13.5 Å². The van der Waals surface area contributed by atoms with E-state index < -0.39 is 0 Å². The smallest absolute Gasteiger partial charge is 0.255 e. The number of carbonyl (C=O) groups is 1. The number of benzene rings is 1. The average Bonchev–Trinajstić information content (AvgIpc) is 2.66. The zero-order valence-electron chi connectivity index (χ0n) is 12.8. The van der Waals surface area contributed by atoms with Crippen LogP contribution >= 0.6 is 15.9 Å². The summed E-state index contributed by atoms with van der Waals surface area (Å²) in [5, 5.41) is 7.33. The van der Waals surface area contributed by atoms with Crippen molar-refractivity contribution in [1.29, 1.82) is 0 Å². The molecule has 112 valence electrons. The highest BCUT2D eigenvalue weighted by Gasteiger charge is 2.18. The van der Waals surface area contributed by atoms with Crippen molar-refractivity contribution in [3.63, 3.8) is 0 Å². The van der Waals surface area contributed by atoms with Crippen LogP contribution in [0.25, 0.3) is 0 Å². The van der Waals surface area contributed by atoms with Gasteiger partial charge in [-0.25, -0.2) is 0 Å². The minimum atomic E-state index is -0.0530. The number of aromatic nitrogens is 2. The van der Waals surface area contributed by atoms with Crippen LogP contribution in [0.15, 0.2) is 28.7 Å². The van der Waals surface area contributed by atoms with Crippen molar-refractivity contribution in [2.75, 3.05) is 0 Å². The lowest BCUT2D eigenvalue weighted by atomic mass is 10.1. The van der Waals surface area contributed by atoms with Gasteiger partial charge in [0.25, 0.3) is 5.91 Å². The summed E-state index contributed by atoms with van der Waals surface area (Å²) >= 11 is 3.42. The zero-order valence-corrected chi connectivity index (χ0v) is 14.4. The number of aryl methyl sites for hydroxylation is 2. The first-order valence-electron chi connectivity index (χ1n) is 6.94. The number of hydrogen-bond donors (Lipinski definition) is 1. The summed E-state index contributed by atoms with van der Waals surface area (Å²) in [6.45, 7) is 5.79. The van der Waals surface area contributed by atoms with Crippen molar-refractivity contribution in [3.8, 4) is 0 Å². The normalized spacial score (nSPS) is 12.2. The minimum Gasteiger partial charge on any atom is -0.349 e. The molecule has 2 aromatic rings. The molecule has 5 heteroatoms. The summed E-state index contributed by atoms with van der Waals surface area (Å²) in [6, 6.07) is 8.22. The topological polar surface area (TPSA) is 46.9 Å². The number of nitrogens with one attached hydrogen (secondary N) is 1. The Balaban J connectivity index is 2.03. The molecule has 1 heterocycles. The van der Waals surface area contributed by atoms with Crippen LogP contribution < -0.4 is 5.32 Å². The summed E-state index contributed by atoms with van der Waals surface area (Å²) in [5.41, 5.74) is 3.54. The van der Waals surface area contributed by atoms with E-state index in [9.17, 15) is 4.79 Å². The molecule has 1 aromatic carbocycles. The number of amides is 1. The van der Waals surface area contributed by atoms with Crippen LogP contribution in [0.1, 0.15) is 34.2 Å². The maximum absolute atomic E-state index is 12.4. The third kappa shape index (κ3) is 3.73. The van der Waals surface area contributed by atoms with Crippen LogP contribution in [0.3, 0.4) is 0 Å². The minimum absolute atomic E-state index is 0.0530. The molecule has 1 aromatic heterocycles. The first-order chi connectivity index (χ1) is 9.88. The van der Waals surface area contributed by atoms with Gasteiger partial charge in [0, 0.05) is 23.3 Å². The molecule has 1 unspecified atom stereocenters. The Bertz CT molecular complexity index is 646. The van der Waals surface area contributed by atoms with E-state index in [1.165, 1.54) is 5.56 Å². The van der Waals surface area contributed by atoms with Crippen molar-refractivity contribution < 1.29 is 4.79 Å². The van der Waals surface area contributed by atoms with Gasteiger partial charge >= 0.3 is 0 Å². The number of nitrogens with zero attached hydrogens (tertiary/aromatic N) is 2. The Morgan fingerprint density at radius 2 is 1.95 bits per heavy atom. The van der Waals surface area contributed by atoms with Crippen molar-refractivity contribution in [3.05, 3.63) is 51.3 Å². The first-order valence-corrected chi connectivity index (χ1v) is 7.73. The number of carbonyl (C=O) groups excluding carboxylic acids is 1. The molecular weight excluding hydrogens is 330 g/mol. The second-order valence-electron chi connectivity index (χ2n) is 5.37. The highest BCUT2D eigenvalue weighted by atomic mass is 79.9. The van der Waals surface area contributed by atoms with E-state index in [4.69, 9.17) is 0 Å². The Labute approximate surface area is 133 Å². The summed E-state index contributed by atoms with van der Waals surface area (Å²) in [7, 11) is 1.85. The van der Waals surface area contributed by atoms with Crippen LogP contribution in [0, 0.1) is 13.8 Å². The van der Waals surface area contributed by atoms with Gasteiger partial charge in [-0.3, -0.25) is 9.48 Å². The molecule has 0 spiro atoms. The molecule has 0 fully saturated rings. The monoisotopic (exact) mass is 349 g/mol. The van der Waals surface area contributed by atoms with Gasteiger partial charge in [-0.2, -0.15) is 5.10 Å². The highest BCUT2D eigenvalue weighted by molar-refractivity contribution is 9.10. The Kier molecular flexibility index (Phi) is 4.83. The van der Waals surface area contributed by atoms with E-state index in [-0.39, 0.29) is 11.9 Å². The largest absolute Gasteiger partial charge is 0.349 e. The van der Waals surface area contributed by atoms with Gasteiger partial charge < -0.3 is 5.32 Å². The summed E-state index contributed by atoms with van der Waals surface area (Å²) in [6.07, 6.45) is 0.803. The second-order valence-corrected chi connectivity index (χ2v) is 6.29. The third-order valence-corrected chi connectivity index (χ3v) is 4.10. The molecule has 2 rings (SSSR count). The number of rotatable bonds is 4. The molecule has 0 saturated heterocycles. The standard InChI is InChI=1S/C16H20BrN3O/c1-10(9-13-5-7-14(17)8-6-13)18-16(21)15-11(2)19-20(4)12(15)3/h5-8,10H,9H2,1-4H3,(H,18,21). The lowest BCUT2D eigenvalue weighted by molar-refractivity contribution is 0.0939. The predicted octanol–water partition coefficient (Wildman–Crippen LogP) is 3.16. The van der Waals surface area contributed by atoms with E-state index in [2.05, 4.69) is 38.5 Å². The molecule has 0 bridgehead atoms. The maximum atomic E-state index is 12.4. The van der Waals surface area contributed by atoms with E-state index in [1.807, 2.05) is 40.0 Å². The predicted molar refractivity (Wildman–Crippen MR) is 87.5 cm³/mol. The Morgan fingerprint density at radius 1 is 1.33 bits per heavy atom. The van der Waals surface area contributed by atoms with Gasteiger partial charge in [-0.15, -0.1) is 0 Å². The molecule has 0 saturated carbocycles. The fraction of sp³-hybridized carbons (Fsp3) is 0.375. The molecular formula is C16H20BrN3O. The molecule has 0 radical (unpaired) electrons. The van der Waals surface area contributed by atoms with E-state index in [0.29, 0.717) is 5.56 Å². The van der Waals surface area contributed by atoms with Crippen molar-refractivity contribution in [2.45, 2.75) is 33.2 Å². The quantitative estimate of drug-likeness (QED) is 0.921. The molecule has 0 aliphatic heterocycles. The SMILES string of the molecule is Cc1nn(C)c(C)c1C(=O)NC(C)Cc1ccc(Br)cc1. The molecule has 21 heavy (non-hydrogen) atoms. The molecule has 1 atom stereocenters. The summed E-state index contributed by atoms with van der Waals surface area (Å²) in [5.74, 6) is -0.0530. The van der Waals surface area contributed by atoms with Crippen LogP contribution in [0.2, 0.25) is 0 Å². The van der Waals surface area contributed by atoms with E-state index >= 15 is 0 Å². The first kappa shape index (κ1) is 15.8. The van der Waals surface area contributed by atoms with Gasteiger partial charge in [0.2, 0.25) is 0 Å². The van der Waals surface area contributed by atoms with Crippen LogP contribution in [-0.4, -0.2) is 21.7 Å². The van der Waals surface area contributed by atoms with Crippen LogP contribution in [0.5, 0.6) is 0 Å². The van der Waals surface area contributed by atoms with Crippen molar-refractivity contribution in [2.24, 2.45) is 7.05 Å². The lowest BCUT2D eigenvalue weighted by Crippen LogP contribution is -2.34. The zero-order chi connectivity index (χ0) is 15.6. The van der Waals surface area contributed by atoms with Gasteiger partial charge in [0.1, 0.15) is 0 Å². The molecule has 0 aliphatic carbocycles. The maximum Gasteiger partial charge on any atom is 0.255 e. The lowest BCUT2D eigenvalue weighted by Gasteiger charge is -2.14. The Hall–Kier alpha value is -1.62. The second kappa shape index (κ2) is 6.43. The summed E-state index contributed by atoms with van der Waals surface area (Å²) in [4.78, 5) is 12.4. The molecule has 1 amide bonds. The average molecular weight is 350 g/mol. The highest BCUT2D eigenvalue weighted by Crippen LogP contribution is 2.14. The molecule has 1 N–H and O–H groups in total. The van der Waals surface area contributed by atoms with Crippen molar-refractivity contribution in [1.82, 2.24) is 15.1 Å². The fourth-order valence-corrected chi connectivity index (χ4v) is 2.69. The van der Waals surface area contributed by atoms with Gasteiger partial charge in [-0.05, 0) is 44.9 Å². The number of hydrogen-bond acceptors (Lipinski definition) is 2. The van der Waals surface area contributed by atoms with E-state index in [0.717, 1.165) is 22.3 Å². The van der Waals surface area contributed by atoms with Crippen LogP contribution in [0.4, 0.5) is 0 Å². The number of halogens is 1. The third-order valence-electron chi connectivity index (χ3n) is 3.57. The van der Waals surface area contributed by atoms with Gasteiger partial charge in [0.15, 0.2) is 0 Å². The summed E-state index contributed by atoms with van der Waals surface area (Å²) < 4.78 is 2.80. The molecule has 0 aliphatic rings. The van der Waals surface area contributed by atoms with E-state index in [1.54, 1.807) is 4.68 Å². The van der Waals surface area contributed by atoms with Gasteiger partial charge in [-0.1, -0.05) is 28.1 Å². The fourth-order valence-electron chi connectivity index (χ4n) is 2.42. The molecule has 4 nitrogen and oxygen atoms in total. The van der Waals surface area contributed by atoms with Gasteiger partial charge in [0.05, 0.1) is 11.3 Å². The Morgan fingerprint density at radius 3 is 2.48 bits per heavy atom.